The first kappa shape index (κ1) is 44.2. The first-order valence-electron chi connectivity index (χ1n) is 25.3. The number of unbranched alkanes of at least 4 members (excludes halogenated alkanes) is 12. The summed E-state index contributed by atoms with van der Waals surface area (Å²) >= 11 is 0. The van der Waals surface area contributed by atoms with Crippen molar-refractivity contribution >= 4 is 18.4 Å². The Hall–Kier alpha value is -4.46. The molecule has 2 aliphatic rings. The molecule has 0 saturated heterocycles. The Morgan fingerprint density at radius 2 is 0.694 bits per heavy atom. The maximum absolute atomic E-state index is 2.68. The van der Waals surface area contributed by atoms with E-state index < -0.39 is 8.07 Å². The molecule has 0 nitrogen and oxygen atoms in total. The van der Waals surface area contributed by atoms with Crippen molar-refractivity contribution in [2.45, 2.75) is 161 Å². The smallest absolute Gasteiger partial charge is 0.0654 e. The molecule has 1 heterocycles. The second kappa shape index (κ2) is 20.8. The van der Waals surface area contributed by atoms with Gasteiger partial charge in [-0.25, -0.2) is 0 Å². The molecule has 322 valence electrons. The second-order valence-corrected chi connectivity index (χ2v) is 23.4. The van der Waals surface area contributed by atoms with Crippen molar-refractivity contribution in [1.82, 2.24) is 0 Å². The van der Waals surface area contributed by atoms with E-state index in [4.69, 9.17) is 0 Å². The molecule has 6 aromatic rings. The topological polar surface area (TPSA) is 0 Å². The van der Waals surface area contributed by atoms with Gasteiger partial charge in [-0.1, -0.05) is 240 Å². The molecule has 1 aliphatic carbocycles. The van der Waals surface area contributed by atoms with Gasteiger partial charge in [0.2, 0.25) is 0 Å². The first-order chi connectivity index (χ1) is 30.6. The highest BCUT2D eigenvalue weighted by Crippen LogP contribution is 2.56. The van der Waals surface area contributed by atoms with Gasteiger partial charge >= 0.3 is 0 Å². The van der Waals surface area contributed by atoms with E-state index in [2.05, 4.69) is 161 Å². The molecule has 0 unspecified atom stereocenters. The molecule has 62 heavy (non-hydrogen) atoms. The van der Waals surface area contributed by atoms with Crippen LogP contribution in [0.25, 0.3) is 55.6 Å². The van der Waals surface area contributed by atoms with Crippen LogP contribution < -0.4 is 10.4 Å². The number of rotatable bonds is 23. The summed E-state index contributed by atoms with van der Waals surface area (Å²) in [5.41, 5.74) is 17.3. The van der Waals surface area contributed by atoms with Gasteiger partial charge in [0.25, 0.3) is 0 Å². The average molecular weight is 835 g/mol. The van der Waals surface area contributed by atoms with Crippen LogP contribution in [0, 0.1) is 0 Å². The van der Waals surface area contributed by atoms with Crippen LogP contribution in [0.5, 0.6) is 0 Å². The Morgan fingerprint density at radius 1 is 0.323 bits per heavy atom. The van der Waals surface area contributed by atoms with Crippen molar-refractivity contribution in [1.29, 1.82) is 0 Å². The molecular formula is C61H74Si. The van der Waals surface area contributed by atoms with Gasteiger partial charge in [0.1, 0.15) is 8.07 Å². The van der Waals surface area contributed by atoms with Gasteiger partial charge in [-0.2, -0.15) is 0 Å². The van der Waals surface area contributed by atoms with E-state index in [0.717, 1.165) is 0 Å². The Balaban J connectivity index is 1.26. The van der Waals surface area contributed by atoms with Crippen LogP contribution in [-0.2, 0) is 5.41 Å². The summed E-state index contributed by atoms with van der Waals surface area (Å²) in [5, 5.41) is 3.44. The van der Waals surface area contributed by atoms with Crippen molar-refractivity contribution in [3.63, 3.8) is 0 Å². The van der Waals surface area contributed by atoms with Crippen LogP contribution in [0.2, 0.25) is 12.1 Å². The predicted octanol–water partition coefficient (Wildman–Crippen LogP) is 17.6. The van der Waals surface area contributed by atoms with E-state index in [1.165, 1.54) is 183 Å². The van der Waals surface area contributed by atoms with Crippen LogP contribution in [0.1, 0.15) is 154 Å². The minimum absolute atomic E-state index is 0.0277. The summed E-state index contributed by atoms with van der Waals surface area (Å²) in [6.45, 7) is 9.41. The number of hydrogen-bond acceptors (Lipinski definition) is 0. The fraction of sp³-hybridized carbons (Fsp3) is 0.410. The third-order valence-electron chi connectivity index (χ3n) is 15.1. The van der Waals surface area contributed by atoms with Gasteiger partial charge in [-0.15, -0.1) is 0 Å². The lowest BCUT2D eigenvalue weighted by Crippen LogP contribution is -2.55. The van der Waals surface area contributed by atoms with E-state index in [0.29, 0.717) is 0 Å². The molecular weight excluding hydrogens is 761 g/mol. The summed E-state index contributed by atoms with van der Waals surface area (Å²) in [7, 11) is -1.98. The zero-order valence-electron chi connectivity index (χ0n) is 38.8. The van der Waals surface area contributed by atoms with Gasteiger partial charge in [-0.05, 0) is 126 Å². The van der Waals surface area contributed by atoms with Gasteiger partial charge in [-0.3, -0.25) is 0 Å². The predicted molar refractivity (Wildman–Crippen MR) is 275 cm³/mol. The quantitative estimate of drug-likeness (QED) is 0.0446. The van der Waals surface area contributed by atoms with E-state index >= 15 is 0 Å². The molecule has 1 aliphatic heterocycles. The molecule has 0 spiro atoms. The normalized spacial score (nSPS) is 14.1. The van der Waals surface area contributed by atoms with Crippen molar-refractivity contribution in [2.24, 2.45) is 0 Å². The summed E-state index contributed by atoms with van der Waals surface area (Å²) in [4.78, 5) is 0. The van der Waals surface area contributed by atoms with E-state index in [1.54, 1.807) is 21.5 Å². The standard InChI is InChI=1S/C61H74Si/c1-5-9-13-23-39-61(40-24-14-10-6-2)57-45-51(48-29-21-18-22-30-48)31-35-53(57)54-36-32-52(46-58(54)61)50-34-38-60-56(44-50)55-43-49(47-27-19-17-20-28-47)33-37-59(55)62(60,41-25-15-11-7-3)42-26-16-12-8-4/h17-22,27-38,43-46H,5-16,23-26,39-42H2,1-4H3. The maximum Gasteiger partial charge on any atom is 0.119 e. The van der Waals surface area contributed by atoms with E-state index in [-0.39, 0.29) is 5.41 Å². The highest BCUT2D eigenvalue weighted by Gasteiger charge is 2.45. The molecule has 6 aromatic carbocycles. The lowest BCUT2D eigenvalue weighted by molar-refractivity contribution is 0.401. The number of benzene rings is 6. The van der Waals surface area contributed by atoms with E-state index in [1.807, 2.05) is 0 Å². The third kappa shape index (κ3) is 8.99. The summed E-state index contributed by atoms with van der Waals surface area (Å²) in [6, 6.07) is 55.6. The largest absolute Gasteiger partial charge is 0.119 e. The minimum Gasteiger partial charge on any atom is -0.0654 e. The van der Waals surface area contributed by atoms with E-state index in [9.17, 15) is 0 Å². The van der Waals surface area contributed by atoms with Crippen LogP contribution in [0.3, 0.4) is 0 Å². The monoisotopic (exact) mass is 835 g/mol. The Morgan fingerprint density at radius 3 is 1.13 bits per heavy atom. The molecule has 1 heteroatoms. The van der Waals surface area contributed by atoms with Crippen LogP contribution >= 0.6 is 0 Å². The van der Waals surface area contributed by atoms with Crippen LogP contribution in [0.15, 0.2) is 133 Å². The molecule has 0 atom stereocenters. The molecule has 0 N–H and O–H groups in total. The van der Waals surface area contributed by atoms with Crippen molar-refractivity contribution in [3.05, 3.63) is 145 Å². The van der Waals surface area contributed by atoms with Gasteiger partial charge < -0.3 is 0 Å². The third-order valence-corrected chi connectivity index (χ3v) is 20.4. The molecule has 0 radical (unpaired) electrons. The summed E-state index contributed by atoms with van der Waals surface area (Å²) in [5.74, 6) is 0. The van der Waals surface area contributed by atoms with Crippen molar-refractivity contribution in [2.75, 3.05) is 0 Å². The number of hydrogen-bond donors (Lipinski definition) is 0. The minimum atomic E-state index is -1.98. The Labute approximate surface area is 377 Å². The van der Waals surface area contributed by atoms with Gasteiger partial charge in [0.15, 0.2) is 0 Å². The van der Waals surface area contributed by atoms with Gasteiger partial charge in [0, 0.05) is 5.41 Å². The molecule has 0 amide bonds. The highest BCUT2D eigenvalue weighted by molar-refractivity contribution is 7.05. The molecule has 0 aromatic heterocycles. The molecule has 8 rings (SSSR count). The SMILES string of the molecule is CCCCCCC1(CCCCCC)c2cc(-c3ccccc3)ccc2-c2ccc(-c3ccc4c(c3)-c3cc(-c5ccccc5)ccc3[Si]4(CCCCCC)CCCCCC)cc21. The van der Waals surface area contributed by atoms with Crippen molar-refractivity contribution in [3.8, 4) is 55.6 Å². The summed E-state index contributed by atoms with van der Waals surface area (Å²) in [6.07, 6.45) is 23.5. The molecule has 0 saturated carbocycles. The maximum atomic E-state index is 2.68. The second-order valence-electron chi connectivity index (χ2n) is 19.2. The van der Waals surface area contributed by atoms with Gasteiger partial charge in [0.05, 0.1) is 0 Å². The lowest BCUT2D eigenvalue weighted by atomic mass is 9.70. The number of fused-ring (bicyclic) bond motifs is 6. The Kier molecular flexibility index (Phi) is 14.8. The zero-order chi connectivity index (χ0) is 42.8. The fourth-order valence-electron chi connectivity index (χ4n) is 11.7. The summed E-state index contributed by atoms with van der Waals surface area (Å²) < 4.78 is 0. The zero-order valence-corrected chi connectivity index (χ0v) is 39.8. The van der Waals surface area contributed by atoms with Crippen molar-refractivity contribution < 1.29 is 0 Å². The lowest BCUT2D eigenvalue weighted by Gasteiger charge is -2.33. The van der Waals surface area contributed by atoms with Crippen LogP contribution in [-0.4, -0.2) is 8.07 Å². The highest BCUT2D eigenvalue weighted by atomic mass is 28.3. The fourth-order valence-corrected chi connectivity index (χ4v) is 17.3. The molecule has 0 bridgehead atoms. The average Bonchev–Trinajstić information content (AvgIpc) is 3.75. The van der Waals surface area contributed by atoms with Crippen LogP contribution in [0.4, 0.5) is 0 Å². The Bertz CT molecular complexity index is 2340. The molecule has 0 fully saturated rings. The first-order valence-corrected chi connectivity index (χ1v) is 27.7.